The van der Waals surface area contributed by atoms with Crippen LogP contribution in [0.2, 0.25) is 0 Å². The Morgan fingerprint density at radius 2 is 1.58 bits per heavy atom. The smallest absolute Gasteiger partial charge is 0.303 e. The highest BCUT2D eigenvalue weighted by molar-refractivity contribution is 5.66. The van der Waals surface area contributed by atoms with Gasteiger partial charge in [-0.2, -0.15) is 0 Å². The van der Waals surface area contributed by atoms with E-state index >= 15 is 0 Å². The molecule has 2 nitrogen and oxygen atoms in total. The van der Waals surface area contributed by atoms with Gasteiger partial charge in [-0.1, -0.05) is 62.9 Å². The molecule has 1 aromatic rings. The zero-order valence-electron chi connectivity index (χ0n) is 12.6. The Morgan fingerprint density at radius 1 is 1.00 bits per heavy atom. The molecule has 0 aliphatic rings. The number of unbranched alkanes of at least 4 members (excludes halogenated alkanes) is 3. The number of aryl methyl sites for hydroxylation is 2. The van der Waals surface area contributed by atoms with E-state index in [0.29, 0.717) is 6.42 Å². The Morgan fingerprint density at radius 3 is 2.05 bits per heavy atom. The van der Waals surface area contributed by atoms with E-state index in [0.717, 1.165) is 19.3 Å². The van der Waals surface area contributed by atoms with Crippen molar-refractivity contribution in [3.63, 3.8) is 0 Å². The van der Waals surface area contributed by atoms with Crippen LogP contribution in [0.15, 0.2) is 24.3 Å². The Kier molecular flexibility index (Phi) is 11.0. The van der Waals surface area contributed by atoms with Crippen LogP contribution in [0.25, 0.3) is 0 Å². The summed E-state index contributed by atoms with van der Waals surface area (Å²) in [6.45, 7) is 6.42. The number of carbonyl (C=O) groups is 1. The van der Waals surface area contributed by atoms with Crippen LogP contribution in [-0.2, 0) is 11.2 Å². The predicted octanol–water partition coefficient (Wildman–Crippen LogP) is 4.99. The average molecular weight is 264 g/mol. The van der Waals surface area contributed by atoms with Gasteiger partial charge in [-0.05, 0) is 31.7 Å². The Bertz CT molecular complexity index is 328. The number of rotatable bonds is 7. The van der Waals surface area contributed by atoms with Crippen molar-refractivity contribution in [3.05, 3.63) is 35.4 Å². The van der Waals surface area contributed by atoms with Crippen molar-refractivity contribution in [2.45, 2.75) is 65.7 Å². The van der Waals surface area contributed by atoms with Crippen LogP contribution in [0.1, 0.15) is 63.5 Å². The van der Waals surface area contributed by atoms with E-state index in [1.807, 2.05) is 0 Å². The summed E-state index contributed by atoms with van der Waals surface area (Å²) in [5.74, 6) is -0.682. The third-order valence-electron chi connectivity index (χ3n) is 2.93. The summed E-state index contributed by atoms with van der Waals surface area (Å²) in [5.41, 5.74) is 2.82. The van der Waals surface area contributed by atoms with Gasteiger partial charge in [-0.3, -0.25) is 4.79 Å². The first-order valence-corrected chi connectivity index (χ1v) is 7.37. The summed E-state index contributed by atoms with van der Waals surface area (Å²) < 4.78 is 0. The second kappa shape index (κ2) is 11.8. The second-order valence-electron chi connectivity index (χ2n) is 4.94. The zero-order valence-corrected chi connectivity index (χ0v) is 12.6. The molecule has 0 aliphatic heterocycles. The van der Waals surface area contributed by atoms with Gasteiger partial charge in [0.25, 0.3) is 0 Å². The first kappa shape index (κ1) is 17.7. The van der Waals surface area contributed by atoms with Crippen molar-refractivity contribution >= 4 is 5.97 Å². The quantitative estimate of drug-likeness (QED) is 0.704. The normalized spacial score (nSPS) is 9.63. The van der Waals surface area contributed by atoms with Gasteiger partial charge >= 0.3 is 5.97 Å². The lowest BCUT2D eigenvalue weighted by Crippen LogP contribution is -1.92. The highest BCUT2D eigenvalue weighted by Gasteiger charge is 1.92. The van der Waals surface area contributed by atoms with Gasteiger partial charge in [0, 0.05) is 6.42 Å². The molecule has 19 heavy (non-hydrogen) atoms. The summed E-state index contributed by atoms with van der Waals surface area (Å²) in [7, 11) is 0. The lowest BCUT2D eigenvalue weighted by Gasteiger charge is -1.99. The zero-order chi connectivity index (χ0) is 14.5. The van der Waals surface area contributed by atoms with Crippen LogP contribution in [0.5, 0.6) is 0 Å². The standard InChI is InChI=1S/C11H16.C6H12O2/c1-3-4-5-11-8-6-10(2)7-9-11;1-2-3-4-5-6(7)8/h6-9H,3-5H2,1-2H3;2-5H2,1H3,(H,7,8). The Labute approximate surface area is 117 Å². The maximum atomic E-state index is 9.87. The molecular formula is C17H28O2. The highest BCUT2D eigenvalue weighted by Crippen LogP contribution is 2.06. The van der Waals surface area contributed by atoms with Crippen molar-refractivity contribution in [1.82, 2.24) is 0 Å². The molecule has 0 saturated heterocycles. The maximum Gasteiger partial charge on any atom is 0.303 e. The van der Waals surface area contributed by atoms with Gasteiger partial charge < -0.3 is 5.11 Å². The predicted molar refractivity (Wildman–Crippen MR) is 81.6 cm³/mol. The molecule has 0 bridgehead atoms. The van der Waals surface area contributed by atoms with Crippen molar-refractivity contribution in [2.75, 3.05) is 0 Å². The summed E-state index contributed by atoms with van der Waals surface area (Å²) >= 11 is 0. The molecule has 1 aromatic carbocycles. The lowest BCUT2D eigenvalue weighted by atomic mass is 10.1. The highest BCUT2D eigenvalue weighted by atomic mass is 16.4. The molecule has 0 spiro atoms. The van der Waals surface area contributed by atoms with E-state index in [1.54, 1.807) is 0 Å². The van der Waals surface area contributed by atoms with E-state index in [1.165, 1.54) is 30.4 Å². The maximum absolute atomic E-state index is 9.87. The number of benzene rings is 1. The lowest BCUT2D eigenvalue weighted by molar-refractivity contribution is -0.137. The first-order valence-electron chi connectivity index (χ1n) is 7.37. The molecule has 2 heteroatoms. The van der Waals surface area contributed by atoms with Gasteiger partial charge in [-0.25, -0.2) is 0 Å². The van der Waals surface area contributed by atoms with Crippen LogP contribution in [0.3, 0.4) is 0 Å². The molecule has 1 N–H and O–H groups in total. The number of hydrogen-bond donors (Lipinski definition) is 1. The molecule has 0 saturated carbocycles. The van der Waals surface area contributed by atoms with E-state index in [2.05, 4.69) is 45.0 Å². The number of carboxylic acid groups (broad SMARTS) is 1. The summed E-state index contributed by atoms with van der Waals surface area (Å²) in [6, 6.07) is 8.83. The van der Waals surface area contributed by atoms with Crippen LogP contribution < -0.4 is 0 Å². The summed E-state index contributed by atoms with van der Waals surface area (Å²) in [6.07, 6.45) is 7.10. The number of aliphatic carboxylic acids is 1. The van der Waals surface area contributed by atoms with Gasteiger partial charge in [0.05, 0.1) is 0 Å². The topological polar surface area (TPSA) is 37.3 Å². The van der Waals surface area contributed by atoms with Crippen LogP contribution in [-0.4, -0.2) is 11.1 Å². The van der Waals surface area contributed by atoms with E-state index in [4.69, 9.17) is 5.11 Å². The van der Waals surface area contributed by atoms with Gasteiger partial charge in [-0.15, -0.1) is 0 Å². The molecule has 0 atom stereocenters. The minimum atomic E-state index is -0.682. The fraction of sp³-hybridized carbons (Fsp3) is 0.588. The van der Waals surface area contributed by atoms with Gasteiger partial charge in [0.2, 0.25) is 0 Å². The van der Waals surface area contributed by atoms with Crippen molar-refractivity contribution in [1.29, 1.82) is 0 Å². The third-order valence-corrected chi connectivity index (χ3v) is 2.93. The van der Waals surface area contributed by atoms with Crippen molar-refractivity contribution in [3.8, 4) is 0 Å². The van der Waals surface area contributed by atoms with Crippen LogP contribution >= 0.6 is 0 Å². The van der Waals surface area contributed by atoms with Crippen molar-refractivity contribution in [2.24, 2.45) is 0 Å². The van der Waals surface area contributed by atoms with Gasteiger partial charge in [0.1, 0.15) is 0 Å². The molecule has 1 rings (SSSR count). The van der Waals surface area contributed by atoms with Crippen LogP contribution in [0.4, 0.5) is 0 Å². The monoisotopic (exact) mass is 264 g/mol. The fourth-order valence-corrected chi connectivity index (χ4v) is 1.66. The molecule has 108 valence electrons. The molecule has 0 radical (unpaired) electrons. The summed E-state index contributed by atoms with van der Waals surface area (Å²) in [4.78, 5) is 9.87. The fourth-order valence-electron chi connectivity index (χ4n) is 1.66. The Balaban J connectivity index is 0.000000362. The summed E-state index contributed by atoms with van der Waals surface area (Å²) in [5, 5.41) is 8.14. The molecule has 0 heterocycles. The van der Waals surface area contributed by atoms with E-state index in [-0.39, 0.29) is 0 Å². The second-order valence-corrected chi connectivity index (χ2v) is 4.94. The molecule has 0 amide bonds. The molecule has 0 unspecified atom stereocenters. The number of carboxylic acids is 1. The first-order chi connectivity index (χ1) is 9.10. The van der Waals surface area contributed by atoms with Crippen LogP contribution in [0, 0.1) is 6.92 Å². The van der Waals surface area contributed by atoms with Gasteiger partial charge in [0.15, 0.2) is 0 Å². The molecule has 0 aliphatic carbocycles. The van der Waals surface area contributed by atoms with Crippen molar-refractivity contribution < 1.29 is 9.90 Å². The third kappa shape index (κ3) is 11.5. The van der Waals surface area contributed by atoms with E-state index < -0.39 is 5.97 Å². The largest absolute Gasteiger partial charge is 0.481 e. The minimum absolute atomic E-state index is 0.327. The molecular weight excluding hydrogens is 236 g/mol. The molecule has 0 aromatic heterocycles. The number of hydrogen-bond acceptors (Lipinski definition) is 1. The Hall–Kier alpha value is -1.31. The average Bonchev–Trinajstić information content (AvgIpc) is 2.39. The minimum Gasteiger partial charge on any atom is -0.481 e. The molecule has 0 fully saturated rings. The van der Waals surface area contributed by atoms with E-state index in [9.17, 15) is 4.79 Å². The SMILES string of the molecule is CCCCCC(=O)O.CCCCc1ccc(C)cc1.